The maximum Gasteiger partial charge on any atom is 0.344 e. The van der Waals surface area contributed by atoms with Crippen molar-refractivity contribution in [3.8, 4) is 0 Å². The van der Waals surface area contributed by atoms with Crippen molar-refractivity contribution in [3.05, 3.63) is 106 Å². The van der Waals surface area contributed by atoms with E-state index >= 15 is 0 Å². The van der Waals surface area contributed by atoms with Gasteiger partial charge in [0.2, 0.25) is 0 Å². The van der Waals surface area contributed by atoms with Crippen molar-refractivity contribution in [2.45, 2.75) is 12.0 Å². The Bertz CT molecular complexity index is 1080. The SMILES string of the molecule is COC(=O)c1c(F)c(F)c(C(CO)C(=O)OC(c2ccccc2)c2ccccc2)c(F)c1F. The Morgan fingerprint density at radius 2 is 1.27 bits per heavy atom. The minimum absolute atomic E-state index is 0.507. The van der Waals surface area contributed by atoms with E-state index in [4.69, 9.17) is 4.74 Å². The molecule has 33 heavy (non-hydrogen) atoms. The van der Waals surface area contributed by atoms with Crippen molar-refractivity contribution in [2.75, 3.05) is 13.7 Å². The summed E-state index contributed by atoms with van der Waals surface area (Å²) in [7, 11) is 0.770. The molecule has 0 aliphatic rings. The third kappa shape index (κ3) is 4.73. The number of halogens is 4. The van der Waals surface area contributed by atoms with Crippen LogP contribution < -0.4 is 0 Å². The summed E-state index contributed by atoms with van der Waals surface area (Å²) in [6.07, 6.45) is -1.04. The molecular formula is C24H18F4O5. The van der Waals surface area contributed by atoms with Crippen LogP contribution in [0.15, 0.2) is 60.7 Å². The van der Waals surface area contributed by atoms with Gasteiger partial charge in [-0.1, -0.05) is 60.7 Å². The molecule has 172 valence electrons. The average molecular weight is 462 g/mol. The maximum atomic E-state index is 14.7. The first-order valence-electron chi connectivity index (χ1n) is 9.67. The molecule has 3 aromatic carbocycles. The summed E-state index contributed by atoms with van der Waals surface area (Å²) < 4.78 is 67.7. The topological polar surface area (TPSA) is 72.8 Å². The van der Waals surface area contributed by atoms with Gasteiger partial charge in [0.25, 0.3) is 0 Å². The van der Waals surface area contributed by atoms with Gasteiger partial charge in [-0.3, -0.25) is 4.79 Å². The van der Waals surface area contributed by atoms with E-state index in [0.717, 1.165) is 7.11 Å². The first-order valence-corrected chi connectivity index (χ1v) is 9.67. The maximum absolute atomic E-state index is 14.7. The summed E-state index contributed by atoms with van der Waals surface area (Å²) in [6, 6.07) is 16.7. The quantitative estimate of drug-likeness (QED) is 0.319. The van der Waals surface area contributed by atoms with Crippen molar-refractivity contribution < 1.29 is 41.7 Å². The number of benzene rings is 3. The number of hydrogen-bond acceptors (Lipinski definition) is 5. The molecule has 0 bridgehead atoms. The van der Waals surface area contributed by atoms with Crippen molar-refractivity contribution in [3.63, 3.8) is 0 Å². The summed E-state index contributed by atoms with van der Waals surface area (Å²) >= 11 is 0. The van der Waals surface area contributed by atoms with Crippen LogP contribution in [0.2, 0.25) is 0 Å². The lowest BCUT2D eigenvalue weighted by Crippen LogP contribution is -2.26. The van der Waals surface area contributed by atoms with Gasteiger partial charge < -0.3 is 14.6 Å². The van der Waals surface area contributed by atoms with E-state index in [0.29, 0.717) is 11.1 Å². The van der Waals surface area contributed by atoms with Crippen LogP contribution in [-0.2, 0) is 14.3 Å². The average Bonchev–Trinajstić information content (AvgIpc) is 2.84. The molecule has 0 aliphatic heterocycles. The van der Waals surface area contributed by atoms with Gasteiger partial charge >= 0.3 is 11.9 Å². The molecule has 3 aromatic rings. The predicted molar refractivity (Wildman–Crippen MR) is 108 cm³/mol. The molecule has 0 saturated carbocycles. The van der Waals surface area contributed by atoms with Crippen molar-refractivity contribution >= 4 is 11.9 Å². The second-order valence-corrected chi connectivity index (χ2v) is 6.91. The second-order valence-electron chi connectivity index (χ2n) is 6.91. The molecule has 0 spiro atoms. The molecule has 0 heterocycles. The minimum Gasteiger partial charge on any atom is -0.465 e. The number of carbonyl (C=O) groups is 2. The highest BCUT2D eigenvalue weighted by Gasteiger charge is 2.37. The molecule has 9 heteroatoms. The molecule has 0 fully saturated rings. The van der Waals surface area contributed by atoms with Crippen LogP contribution in [0.3, 0.4) is 0 Å². The Kier molecular flexibility index (Phi) is 7.44. The third-order valence-corrected chi connectivity index (χ3v) is 4.94. The monoisotopic (exact) mass is 462 g/mol. The van der Waals surface area contributed by atoms with E-state index < -0.39 is 65.0 Å². The highest BCUT2D eigenvalue weighted by molar-refractivity contribution is 5.90. The van der Waals surface area contributed by atoms with Crippen molar-refractivity contribution in [1.29, 1.82) is 0 Å². The fraction of sp³-hybridized carbons (Fsp3) is 0.167. The van der Waals surface area contributed by atoms with Crippen LogP contribution in [0.4, 0.5) is 17.6 Å². The Labute approximate surface area is 186 Å². The van der Waals surface area contributed by atoms with Crippen LogP contribution in [0, 0.1) is 23.3 Å². The molecule has 1 atom stereocenters. The van der Waals surface area contributed by atoms with Crippen molar-refractivity contribution in [2.24, 2.45) is 0 Å². The fourth-order valence-electron chi connectivity index (χ4n) is 3.30. The second kappa shape index (κ2) is 10.3. The van der Waals surface area contributed by atoms with Crippen LogP contribution in [0.25, 0.3) is 0 Å². The first-order chi connectivity index (χ1) is 15.8. The summed E-state index contributed by atoms with van der Waals surface area (Å²) in [5.74, 6) is -13.2. The van der Waals surface area contributed by atoms with Gasteiger partial charge in [0.05, 0.1) is 13.7 Å². The van der Waals surface area contributed by atoms with E-state index in [9.17, 15) is 32.3 Å². The zero-order valence-electron chi connectivity index (χ0n) is 17.2. The lowest BCUT2D eigenvalue weighted by molar-refractivity contribution is -0.150. The number of esters is 2. The van der Waals surface area contributed by atoms with E-state index in [2.05, 4.69) is 4.74 Å². The third-order valence-electron chi connectivity index (χ3n) is 4.94. The van der Waals surface area contributed by atoms with Crippen LogP contribution in [0.5, 0.6) is 0 Å². The summed E-state index contributed by atoms with van der Waals surface area (Å²) in [4.78, 5) is 24.4. The number of hydrogen-bond donors (Lipinski definition) is 1. The lowest BCUT2D eigenvalue weighted by Gasteiger charge is -2.23. The van der Waals surface area contributed by atoms with Gasteiger partial charge in [0.1, 0.15) is 11.5 Å². The molecular weight excluding hydrogens is 444 g/mol. The van der Waals surface area contributed by atoms with E-state index in [1.165, 1.54) is 0 Å². The molecule has 3 rings (SSSR count). The minimum atomic E-state index is -2.12. The highest BCUT2D eigenvalue weighted by atomic mass is 19.2. The van der Waals surface area contributed by atoms with Crippen LogP contribution in [-0.4, -0.2) is 30.8 Å². The molecule has 0 amide bonds. The molecule has 1 unspecified atom stereocenters. The van der Waals surface area contributed by atoms with Gasteiger partial charge in [-0.2, -0.15) is 0 Å². The normalized spacial score (nSPS) is 11.8. The van der Waals surface area contributed by atoms with Crippen molar-refractivity contribution in [1.82, 2.24) is 0 Å². The van der Waals surface area contributed by atoms with Crippen LogP contribution >= 0.6 is 0 Å². The van der Waals surface area contributed by atoms with E-state index in [1.54, 1.807) is 60.7 Å². The Balaban J connectivity index is 2.04. The number of methoxy groups -OCH3 is 1. The summed E-state index contributed by atoms with van der Waals surface area (Å²) in [5, 5.41) is 9.69. The zero-order chi connectivity index (χ0) is 24.1. The molecule has 1 N–H and O–H groups in total. The molecule has 5 nitrogen and oxygen atoms in total. The largest absolute Gasteiger partial charge is 0.465 e. The Hall–Kier alpha value is -3.72. The number of aliphatic hydroxyl groups excluding tert-OH is 1. The van der Waals surface area contributed by atoms with Gasteiger partial charge in [0, 0.05) is 5.56 Å². The molecule has 0 aromatic heterocycles. The Morgan fingerprint density at radius 3 is 1.67 bits per heavy atom. The molecule has 0 radical (unpaired) electrons. The first kappa shape index (κ1) is 23.9. The van der Waals surface area contributed by atoms with Gasteiger partial charge in [-0.05, 0) is 11.1 Å². The summed E-state index contributed by atoms with van der Waals surface area (Å²) in [6.45, 7) is -1.22. The van der Waals surface area contributed by atoms with Gasteiger partial charge in [-0.15, -0.1) is 0 Å². The van der Waals surface area contributed by atoms with Crippen LogP contribution in [0.1, 0.15) is 39.1 Å². The smallest absolute Gasteiger partial charge is 0.344 e. The number of rotatable bonds is 7. The standard InChI is InChI=1S/C24H18F4O5/c1-32-24(31)17-20(27)18(25)16(19(26)21(17)28)15(12-29)23(30)33-22(13-8-4-2-5-9-13)14-10-6-3-7-11-14/h2-11,15,22,29H,12H2,1H3. The lowest BCUT2D eigenvalue weighted by atomic mass is 9.95. The van der Waals surface area contributed by atoms with Gasteiger partial charge in [0.15, 0.2) is 29.4 Å². The summed E-state index contributed by atoms with van der Waals surface area (Å²) in [5.41, 5.74) is -1.97. The number of aliphatic hydroxyl groups is 1. The zero-order valence-corrected chi connectivity index (χ0v) is 17.2. The van der Waals surface area contributed by atoms with E-state index in [1.807, 2.05) is 0 Å². The van der Waals surface area contributed by atoms with Gasteiger partial charge in [-0.25, -0.2) is 22.4 Å². The molecule has 0 saturated heterocycles. The fourth-order valence-corrected chi connectivity index (χ4v) is 3.30. The van der Waals surface area contributed by atoms with E-state index in [-0.39, 0.29) is 0 Å². The number of ether oxygens (including phenoxy) is 2. The highest BCUT2D eigenvalue weighted by Crippen LogP contribution is 2.33. The Morgan fingerprint density at radius 1 is 0.818 bits per heavy atom. The number of carbonyl (C=O) groups excluding carboxylic acids is 2. The predicted octanol–water partition coefficient (Wildman–Crippen LogP) is 4.44. The molecule has 0 aliphatic carbocycles.